The highest BCUT2D eigenvalue weighted by atomic mass is 32.1. The van der Waals surface area contributed by atoms with Crippen LogP contribution in [0.1, 0.15) is 12.5 Å². The van der Waals surface area contributed by atoms with Crippen molar-refractivity contribution in [1.29, 1.82) is 0 Å². The normalized spacial score (nSPS) is 11.8. The van der Waals surface area contributed by atoms with Crippen molar-refractivity contribution >= 4 is 38.2 Å². The van der Waals surface area contributed by atoms with Gasteiger partial charge in [0.15, 0.2) is 4.80 Å². The summed E-state index contributed by atoms with van der Waals surface area (Å²) in [5, 5.41) is 2.22. The molecule has 0 saturated carbocycles. The molecule has 4 nitrogen and oxygen atoms in total. The van der Waals surface area contributed by atoms with Crippen LogP contribution in [0.2, 0.25) is 0 Å². The third-order valence-electron chi connectivity index (χ3n) is 4.72. The number of aromatic nitrogens is 1. The van der Waals surface area contributed by atoms with Crippen LogP contribution < -0.4 is 9.54 Å². The zero-order valence-corrected chi connectivity index (χ0v) is 17.1. The number of benzene rings is 3. The van der Waals surface area contributed by atoms with Crippen LogP contribution in [-0.4, -0.2) is 17.1 Å². The Kier molecular flexibility index (Phi) is 5.58. The second-order valence-corrected chi connectivity index (χ2v) is 7.65. The van der Waals surface area contributed by atoms with Crippen molar-refractivity contribution in [3.8, 4) is 5.75 Å². The number of nitrogens with zero attached hydrogens (tertiary/aromatic N) is 2. The average Bonchev–Trinajstić information content (AvgIpc) is 3.07. The van der Waals surface area contributed by atoms with Crippen LogP contribution in [-0.2, 0) is 17.8 Å². The van der Waals surface area contributed by atoms with Gasteiger partial charge in [0.1, 0.15) is 11.3 Å². The molecule has 4 aromatic rings. The second kappa shape index (κ2) is 8.45. The van der Waals surface area contributed by atoms with E-state index in [9.17, 15) is 4.79 Å². The first kappa shape index (κ1) is 19.2. The number of thiazole rings is 1. The Morgan fingerprint density at radius 1 is 1.14 bits per heavy atom. The smallest absolute Gasteiger partial charge is 0.252 e. The molecule has 3 aromatic carbocycles. The van der Waals surface area contributed by atoms with Gasteiger partial charge in [-0.05, 0) is 35.4 Å². The molecule has 0 aliphatic carbocycles. The molecule has 1 heterocycles. The fraction of sp³-hybridized carbons (Fsp3) is 0.167. The standard InChI is InChI=1S/C24H22N2O2S/c1-3-15-26-23-20(28-4-2)13-8-14-21(23)29-24(26)25-22(27)16-18-11-7-10-17-9-5-6-12-19(17)18/h3,5-14H,1,4,15-16H2,2H3. The topological polar surface area (TPSA) is 43.6 Å². The van der Waals surface area contributed by atoms with E-state index >= 15 is 0 Å². The van der Waals surface area contributed by atoms with Gasteiger partial charge in [0.25, 0.3) is 5.91 Å². The molecule has 5 heteroatoms. The van der Waals surface area contributed by atoms with Crippen molar-refractivity contribution in [3.05, 3.63) is 83.7 Å². The van der Waals surface area contributed by atoms with Gasteiger partial charge in [-0.3, -0.25) is 4.79 Å². The van der Waals surface area contributed by atoms with Gasteiger partial charge in [0.05, 0.1) is 17.7 Å². The molecule has 0 bridgehead atoms. The van der Waals surface area contributed by atoms with Crippen molar-refractivity contribution in [2.24, 2.45) is 4.99 Å². The summed E-state index contributed by atoms with van der Waals surface area (Å²) >= 11 is 1.49. The predicted octanol–water partition coefficient (Wildman–Crippen LogP) is 5.11. The molecule has 146 valence electrons. The lowest BCUT2D eigenvalue weighted by molar-refractivity contribution is -0.117. The van der Waals surface area contributed by atoms with E-state index in [0.717, 1.165) is 32.3 Å². The zero-order chi connectivity index (χ0) is 20.2. The molecule has 0 aliphatic heterocycles. The minimum Gasteiger partial charge on any atom is -0.492 e. The van der Waals surface area contributed by atoms with Gasteiger partial charge in [-0.2, -0.15) is 4.99 Å². The summed E-state index contributed by atoms with van der Waals surface area (Å²) in [6.07, 6.45) is 2.07. The van der Waals surface area contributed by atoms with E-state index in [2.05, 4.69) is 23.7 Å². The molecule has 0 unspecified atom stereocenters. The van der Waals surface area contributed by atoms with Gasteiger partial charge in [-0.25, -0.2) is 0 Å². The number of hydrogen-bond donors (Lipinski definition) is 0. The average molecular weight is 403 g/mol. The van der Waals surface area contributed by atoms with E-state index in [1.54, 1.807) is 0 Å². The van der Waals surface area contributed by atoms with Crippen LogP contribution >= 0.6 is 11.3 Å². The Morgan fingerprint density at radius 2 is 1.93 bits per heavy atom. The number of hydrogen-bond acceptors (Lipinski definition) is 3. The lowest BCUT2D eigenvalue weighted by Gasteiger charge is -2.08. The molecule has 1 aromatic heterocycles. The molecule has 0 saturated heterocycles. The zero-order valence-electron chi connectivity index (χ0n) is 16.3. The Bertz CT molecular complexity index is 1260. The first-order valence-electron chi connectivity index (χ1n) is 9.61. The lowest BCUT2D eigenvalue weighted by Crippen LogP contribution is -2.17. The Hall–Kier alpha value is -3.18. The van der Waals surface area contributed by atoms with Crippen LogP contribution in [0.25, 0.3) is 21.0 Å². The molecule has 29 heavy (non-hydrogen) atoms. The van der Waals surface area contributed by atoms with Crippen molar-refractivity contribution in [3.63, 3.8) is 0 Å². The van der Waals surface area contributed by atoms with Crippen molar-refractivity contribution < 1.29 is 9.53 Å². The Labute approximate surface area is 173 Å². The summed E-state index contributed by atoms with van der Waals surface area (Å²) < 4.78 is 8.83. The maximum atomic E-state index is 12.8. The van der Waals surface area contributed by atoms with E-state index in [4.69, 9.17) is 4.74 Å². The minimum absolute atomic E-state index is 0.163. The van der Waals surface area contributed by atoms with Crippen molar-refractivity contribution in [1.82, 2.24) is 4.57 Å². The number of ether oxygens (including phenoxy) is 1. The number of fused-ring (bicyclic) bond motifs is 2. The molecule has 0 spiro atoms. The molecule has 0 atom stereocenters. The van der Waals surface area contributed by atoms with Crippen molar-refractivity contribution in [2.75, 3.05) is 6.61 Å². The Morgan fingerprint density at radius 3 is 2.76 bits per heavy atom. The van der Waals surface area contributed by atoms with E-state index in [1.807, 2.05) is 66.1 Å². The van der Waals surface area contributed by atoms with E-state index < -0.39 is 0 Å². The first-order valence-corrected chi connectivity index (χ1v) is 10.4. The second-order valence-electron chi connectivity index (χ2n) is 6.64. The minimum atomic E-state index is -0.163. The van der Waals surface area contributed by atoms with Crippen molar-refractivity contribution in [2.45, 2.75) is 19.9 Å². The first-order chi connectivity index (χ1) is 14.2. The Balaban J connectivity index is 1.77. The number of rotatable bonds is 6. The summed E-state index contributed by atoms with van der Waals surface area (Å²) in [4.78, 5) is 18.0. The number of allylic oxidation sites excluding steroid dienone is 1. The van der Waals surface area contributed by atoms with E-state index in [1.165, 1.54) is 11.3 Å². The highest BCUT2D eigenvalue weighted by molar-refractivity contribution is 7.16. The fourth-order valence-electron chi connectivity index (χ4n) is 3.51. The molecule has 0 N–H and O–H groups in total. The monoisotopic (exact) mass is 402 g/mol. The summed E-state index contributed by atoms with van der Waals surface area (Å²) in [6, 6.07) is 20.1. The quantitative estimate of drug-likeness (QED) is 0.421. The molecule has 0 fully saturated rings. The van der Waals surface area contributed by atoms with Gasteiger partial charge >= 0.3 is 0 Å². The van der Waals surface area contributed by atoms with E-state index in [-0.39, 0.29) is 12.3 Å². The highest BCUT2D eigenvalue weighted by Gasteiger charge is 2.12. The van der Waals surface area contributed by atoms with Gasteiger partial charge in [-0.15, -0.1) is 6.58 Å². The molecular weight excluding hydrogens is 380 g/mol. The maximum Gasteiger partial charge on any atom is 0.252 e. The summed E-state index contributed by atoms with van der Waals surface area (Å²) in [5.74, 6) is 0.634. The van der Waals surface area contributed by atoms with Gasteiger partial charge in [-0.1, -0.05) is 65.9 Å². The molecule has 0 aliphatic rings. The summed E-state index contributed by atoms with van der Waals surface area (Å²) in [5.41, 5.74) is 1.94. The molecule has 0 radical (unpaired) electrons. The largest absolute Gasteiger partial charge is 0.492 e. The van der Waals surface area contributed by atoms with Crippen LogP contribution in [0.3, 0.4) is 0 Å². The lowest BCUT2D eigenvalue weighted by atomic mass is 10.0. The number of carbonyl (C=O) groups excluding carboxylic acids is 1. The van der Waals surface area contributed by atoms with E-state index in [0.29, 0.717) is 18.0 Å². The van der Waals surface area contributed by atoms with Crippen LogP contribution in [0.5, 0.6) is 5.75 Å². The van der Waals surface area contributed by atoms with Gasteiger partial charge in [0, 0.05) is 6.54 Å². The third-order valence-corrected chi connectivity index (χ3v) is 5.76. The molecule has 4 rings (SSSR count). The molecular formula is C24H22N2O2S. The van der Waals surface area contributed by atoms with Gasteiger partial charge in [0.2, 0.25) is 0 Å². The predicted molar refractivity (Wildman–Crippen MR) is 119 cm³/mol. The van der Waals surface area contributed by atoms with Gasteiger partial charge < -0.3 is 9.30 Å². The van der Waals surface area contributed by atoms with Crippen LogP contribution in [0, 0.1) is 0 Å². The number of amides is 1. The molecule has 1 amide bonds. The summed E-state index contributed by atoms with van der Waals surface area (Å²) in [6.45, 7) is 6.96. The van der Waals surface area contributed by atoms with Crippen LogP contribution in [0.15, 0.2) is 78.3 Å². The van der Waals surface area contributed by atoms with Crippen LogP contribution in [0.4, 0.5) is 0 Å². The fourth-order valence-corrected chi connectivity index (χ4v) is 4.58. The number of para-hydroxylation sites is 1. The SMILES string of the molecule is C=CCn1c(=NC(=O)Cc2cccc3ccccc23)sc2cccc(OCC)c21. The third kappa shape index (κ3) is 3.87. The number of carbonyl (C=O) groups is 1. The summed E-state index contributed by atoms with van der Waals surface area (Å²) in [7, 11) is 0. The highest BCUT2D eigenvalue weighted by Crippen LogP contribution is 2.27. The maximum absolute atomic E-state index is 12.8.